The average Bonchev–Trinajstić information content (AvgIpc) is 2.65. The van der Waals surface area contributed by atoms with Gasteiger partial charge in [-0.3, -0.25) is 0 Å². The van der Waals surface area contributed by atoms with E-state index in [-0.39, 0.29) is 6.04 Å². The molecule has 0 saturated carbocycles. The first-order chi connectivity index (χ1) is 9.74. The van der Waals surface area contributed by atoms with Crippen LogP contribution in [0, 0.1) is 6.92 Å². The third kappa shape index (κ3) is 2.70. The maximum absolute atomic E-state index is 6.22. The smallest absolute Gasteiger partial charge is 0.223 e. The third-order valence-electron chi connectivity index (χ3n) is 3.34. The number of ether oxygens (including phenoxy) is 1. The first-order valence-corrected chi connectivity index (χ1v) is 7.08. The lowest BCUT2D eigenvalue weighted by Gasteiger charge is -2.18. The van der Waals surface area contributed by atoms with E-state index in [1.165, 1.54) is 0 Å². The molecule has 0 fully saturated rings. The zero-order valence-electron chi connectivity index (χ0n) is 11.3. The molecule has 2 heterocycles. The summed E-state index contributed by atoms with van der Waals surface area (Å²) in [6.07, 6.45) is 5.54. The predicted molar refractivity (Wildman–Crippen MR) is 79.3 cm³/mol. The lowest BCUT2D eigenvalue weighted by atomic mass is 10.0. The molecule has 1 aromatic heterocycles. The molecule has 2 aromatic rings. The highest BCUT2D eigenvalue weighted by Crippen LogP contribution is 2.37. The molecule has 1 aromatic carbocycles. The number of hydrogen-bond donors (Lipinski definition) is 1. The monoisotopic (exact) mass is 289 g/mol. The molecule has 0 bridgehead atoms. The van der Waals surface area contributed by atoms with Crippen molar-refractivity contribution in [3.05, 3.63) is 46.7 Å². The van der Waals surface area contributed by atoms with Crippen molar-refractivity contribution in [1.82, 2.24) is 9.97 Å². The van der Waals surface area contributed by atoms with E-state index in [1.54, 1.807) is 12.4 Å². The fraction of sp³-hybridized carbons (Fsp3) is 0.333. The molecule has 1 N–H and O–H groups in total. The van der Waals surface area contributed by atoms with Crippen molar-refractivity contribution < 1.29 is 4.74 Å². The van der Waals surface area contributed by atoms with Gasteiger partial charge in [-0.15, -0.1) is 0 Å². The molecule has 1 unspecified atom stereocenters. The van der Waals surface area contributed by atoms with E-state index in [0.717, 1.165) is 29.7 Å². The van der Waals surface area contributed by atoms with Crippen molar-refractivity contribution in [3.63, 3.8) is 0 Å². The van der Waals surface area contributed by atoms with Gasteiger partial charge in [0, 0.05) is 18.0 Å². The molecule has 1 aliphatic rings. The van der Waals surface area contributed by atoms with Crippen LogP contribution in [0.15, 0.2) is 30.6 Å². The van der Waals surface area contributed by atoms with E-state index in [0.29, 0.717) is 17.6 Å². The number of anilines is 1. The average molecular weight is 290 g/mol. The molecule has 0 saturated heterocycles. The summed E-state index contributed by atoms with van der Waals surface area (Å²) < 4.78 is 5.75. The molecular formula is C15H16ClN3O. The van der Waals surface area contributed by atoms with Crippen LogP contribution >= 0.6 is 11.6 Å². The Morgan fingerprint density at radius 2 is 2.10 bits per heavy atom. The Balaban J connectivity index is 1.90. The predicted octanol–water partition coefficient (Wildman–Crippen LogP) is 3.76. The van der Waals surface area contributed by atoms with Crippen LogP contribution in [-0.2, 0) is 0 Å². The summed E-state index contributed by atoms with van der Waals surface area (Å²) in [5, 5.41) is 4.02. The number of nitrogens with zero attached hydrogens (tertiary/aromatic N) is 2. The van der Waals surface area contributed by atoms with Gasteiger partial charge in [0.2, 0.25) is 5.95 Å². The van der Waals surface area contributed by atoms with Crippen LogP contribution in [0.2, 0.25) is 5.02 Å². The highest BCUT2D eigenvalue weighted by molar-refractivity contribution is 6.32. The quantitative estimate of drug-likeness (QED) is 0.914. The van der Waals surface area contributed by atoms with Gasteiger partial charge >= 0.3 is 0 Å². The zero-order valence-corrected chi connectivity index (χ0v) is 12.0. The Labute approximate surface area is 123 Å². The topological polar surface area (TPSA) is 47.0 Å². The fourth-order valence-corrected chi connectivity index (χ4v) is 2.58. The second kappa shape index (κ2) is 5.67. The van der Waals surface area contributed by atoms with Crippen molar-refractivity contribution >= 4 is 17.5 Å². The van der Waals surface area contributed by atoms with Crippen LogP contribution in [0.1, 0.15) is 30.0 Å². The van der Waals surface area contributed by atoms with Gasteiger partial charge in [-0.25, -0.2) is 9.97 Å². The first kappa shape index (κ1) is 13.2. The minimum Gasteiger partial charge on any atom is -0.492 e. The molecule has 104 valence electrons. The van der Waals surface area contributed by atoms with E-state index in [1.807, 2.05) is 25.1 Å². The van der Waals surface area contributed by atoms with Crippen LogP contribution in [0.3, 0.4) is 0 Å². The van der Waals surface area contributed by atoms with Gasteiger partial charge in [0.1, 0.15) is 5.75 Å². The SMILES string of the molecule is Cc1cnc(NC2CCCOc3c(Cl)cccc32)nc1. The van der Waals surface area contributed by atoms with Crippen molar-refractivity contribution in [2.45, 2.75) is 25.8 Å². The molecule has 0 aliphatic carbocycles. The molecule has 4 nitrogen and oxygen atoms in total. The Hall–Kier alpha value is -1.81. The summed E-state index contributed by atoms with van der Waals surface area (Å²) in [4.78, 5) is 8.60. The lowest BCUT2D eigenvalue weighted by Crippen LogP contribution is -2.12. The summed E-state index contributed by atoms with van der Waals surface area (Å²) >= 11 is 6.22. The third-order valence-corrected chi connectivity index (χ3v) is 3.64. The second-order valence-electron chi connectivity index (χ2n) is 4.93. The van der Waals surface area contributed by atoms with Gasteiger partial charge in [0.15, 0.2) is 0 Å². The summed E-state index contributed by atoms with van der Waals surface area (Å²) in [5.74, 6) is 1.41. The number of aryl methyl sites for hydroxylation is 1. The number of nitrogens with one attached hydrogen (secondary N) is 1. The molecule has 5 heteroatoms. The molecule has 0 amide bonds. The minimum atomic E-state index is 0.119. The first-order valence-electron chi connectivity index (χ1n) is 6.70. The van der Waals surface area contributed by atoms with Crippen LogP contribution in [0.25, 0.3) is 0 Å². The van der Waals surface area contributed by atoms with Crippen LogP contribution in [0.4, 0.5) is 5.95 Å². The van der Waals surface area contributed by atoms with Gasteiger partial charge in [0.25, 0.3) is 0 Å². The molecule has 1 aliphatic heterocycles. The van der Waals surface area contributed by atoms with Crippen LogP contribution in [0.5, 0.6) is 5.75 Å². The highest BCUT2D eigenvalue weighted by Gasteiger charge is 2.22. The van der Waals surface area contributed by atoms with E-state index in [9.17, 15) is 0 Å². The Morgan fingerprint density at radius 3 is 2.90 bits per heavy atom. The van der Waals surface area contributed by atoms with E-state index in [2.05, 4.69) is 15.3 Å². The maximum atomic E-state index is 6.22. The van der Waals surface area contributed by atoms with Crippen LogP contribution < -0.4 is 10.1 Å². The number of fused-ring (bicyclic) bond motifs is 1. The van der Waals surface area contributed by atoms with Gasteiger partial charge in [-0.1, -0.05) is 23.7 Å². The van der Waals surface area contributed by atoms with Gasteiger partial charge in [-0.05, 0) is 31.4 Å². The van der Waals surface area contributed by atoms with E-state index < -0.39 is 0 Å². The van der Waals surface area contributed by atoms with Gasteiger partial charge < -0.3 is 10.1 Å². The molecular weight excluding hydrogens is 274 g/mol. The number of para-hydroxylation sites is 1. The maximum Gasteiger partial charge on any atom is 0.223 e. The van der Waals surface area contributed by atoms with Crippen molar-refractivity contribution in [1.29, 1.82) is 0 Å². The van der Waals surface area contributed by atoms with E-state index in [4.69, 9.17) is 16.3 Å². The minimum absolute atomic E-state index is 0.119. The normalized spacial score (nSPS) is 17.8. The Kier molecular flexibility index (Phi) is 3.74. The number of hydrogen-bond acceptors (Lipinski definition) is 4. The van der Waals surface area contributed by atoms with Crippen molar-refractivity contribution in [3.8, 4) is 5.75 Å². The standard InChI is InChI=1S/C15H16ClN3O/c1-10-8-17-15(18-9-10)19-13-6-3-7-20-14-11(13)4-2-5-12(14)16/h2,4-5,8-9,13H,3,6-7H2,1H3,(H,17,18,19). The molecule has 1 atom stereocenters. The number of halogens is 1. The lowest BCUT2D eigenvalue weighted by molar-refractivity contribution is 0.316. The van der Waals surface area contributed by atoms with Gasteiger partial charge in [-0.2, -0.15) is 0 Å². The number of rotatable bonds is 2. The molecule has 3 rings (SSSR count). The largest absolute Gasteiger partial charge is 0.492 e. The van der Waals surface area contributed by atoms with Gasteiger partial charge in [0.05, 0.1) is 17.7 Å². The summed E-state index contributed by atoms with van der Waals surface area (Å²) in [5.41, 5.74) is 2.11. The zero-order chi connectivity index (χ0) is 13.9. The van der Waals surface area contributed by atoms with Crippen molar-refractivity contribution in [2.75, 3.05) is 11.9 Å². The second-order valence-corrected chi connectivity index (χ2v) is 5.34. The number of aromatic nitrogens is 2. The molecule has 20 heavy (non-hydrogen) atoms. The fourth-order valence-electron chi connectivity index (χ4n) is 2.34. The van der Waals surface area contributed by atoms with Crippen LogP contribution in [-0.4, -0.2) is 16.6 Å². The van der Waals surface area contributed by atoms with Crippen molar-refractivity contribution in [2.24, 2.45) is 0 Å². The number of benzene rings is 1. The summed E-state index contributed by atoms with van der Waals surface area (Å²) in [7, 11) is 0. The summed E-state index contributed by atoms with van der Waals surface area (Å²) in [6.45, 7) is 2.65. The Bertz CT molecular complexity index is 601. The molecule has 0 spiro atoms. The Morgan fingerprint density at radius 1 is 1.30 bits per heavy atom. The highest BCUT2D eigenvalue weighted by atomic mass is 35.5. The summed E-state index contributed by atoms with van der Waals surface area (Å²) in [6, 6.07) is 5.96. The van der Waals surface area contributed by atoms with E-state index >= 15 is 0 Å². The molecule has 0 radical (unpaired) electrons.